The number of anilines is 2. The number of likely N-dealkylation sites (tertiary alicyclic amines) is 1. The van der Waals surface area contributed by atoms with E-state index < -0.39 is 17.5 Å². The quantitative estimate of drug-likeness (QED) is 0.432. The number of aryl methyl sites for hydroxylation is 1. The molecule has 2 N–H and O–H groups in total. The summed E-state index contributed by atoms with van der Waals surface area (Å²) in [4.78, 5) is 36.0. The summed E-state index contributed by atoms with van der Waals surface area (Å²) in [7, 11) is 1.86. The van der Waals surface area contributed by atoms with Crippen LogP contribution in [-0.4, -0.2) is 93.2 Å². The van der Waals surface area contributed by atoms with E-state index in [4.69, 9.17) is 15.5 Å². The van der Waals surface area contributed by atoms with Crippen molar-refractivity contribution < 1.29 is 18.3 Å². The summed E-state index contributed by atoms with van der Waals surface area (Å²) in [5.41, 5.74) is 6.60. The van der Waals surface area contributed by atoms with Crippen molar-refractivity contribution in [2.24, 2.45) is 0 Å². The molecule has 3 aromatic heterocycles. The molecule has 3 fully saturated rings. The fraction of sp³-hybridized carbons (Fsp3) is 0.483. The minimum Gasteiger partial charge on any atom is -0.461 e. The van der Waals surface area contributed by atoms with E-state index in [0.717, 1.165) is 19.4 Å². The third-order valence-corrected chi connectivity index (χ3v) is 8.75. The summed E-state index contributed by atoms with van der Waals surface area (Å²) in [5, 5.41) is 0.404. The Morgan fingerprint density at radius 1 is 1.27 bits per heavy atom. The Morgan fingerprint density at radius 3 is 2.90 bits per heavy atom. The SMILES string of the molecule is C=CC(=O)N1CC[C@@H](N(C)c2nc(OC[C@@]34CCCN3C[C@H](F)C4)nc3c(F)c(-c4nc(N)ccc4C)ncc23)C1. The van der Waals surface area contributed by atoms with Crippen LogP contribution in [0.25, 0.3) is 22.3 Å². The standard InChI is InChI=1S/C29H34F2N8O2/c1-4-22(40)38-11-8-19(15-38)37(3)27-20-13-33-26(24-17(2)6-7-21(32)34-24)23(31)25(20)35-28(36-27)41-16-29-9-5-10-39(29)14-18(30)12-29/h4,6-7,13,18-19H,1,5,8-12,14-16H2,2-3H3,(H2,32,34)/t18-,19-,29+/m1/s1. The van der Waals surface area contributed by atoms with Gasteiger partial charge >= 0.3 is 6.01 Å². The highest BCUT2D eigenvalue weighted by Crippen LogP contribution is 2.41. The number of rotatable bonds is 7. The summed E-state index contributed by atoms with van der Waals surface area (Å²) in [6.07, 6.45) is 4.84. The second kappa shape index (κ2) is 10.5. The molecule has 216 valence electrons. The van der Waals surface area contributed by atoms with Crippen molar-refractivity contribution >= 4 is 28.4 Å². The van der Waals surface area contributed by atoms with Crippen LogP contribution < -0.4 is 15.4 Å². The van der Waals surface area contributed by atoms with E-state index in [2.05, 4.69) is 26.4 Å². The first-order valence-electron chi connectivity index (χ1n) is 13.9. The first-order chi connectivity index (χ1) is 19.7. The zero-order valence-electron chi connectivity index (χ0n) is 23.3. The van der Waals surface area contributed by atoms with E-state index in [0.29, 0.717) is 54.9 Å². The molecule has 0 aromatic carbocycles. The van der Waals surface area contributed by atoms with E-state index in [-0.39, 0.29) is 41.6 Å². The van der Waals surface area contributed by atoms with Crippen LogP contribution in [0, 0.1) is 12.7 Å². The molecule has 6 rings (SSSR count). The summed E-state index contributed by atoms with van der Waals surface area (Å²) in [6, 6.07) is 3.35. The number of hydrogen-bond acceptors (Lipinski definition) is 9. The first-order valence-corrected chi connectivity index (χ1v) is 13.9. The van der Waals surface area contributed by atoms with Gasteiger partial charge in [-0.1, -0.05) is 12.6 Å². The van der Waals surface area contributed by atoms with Gasteiger partial charge < -0.3 is 20.3 Å². The van der Waals surface area contributed by atoms with Crippen molar-refractivity contribution in [2.45, 2.75) is 50.4 Å². The Morgan fingerprint density at radius 2 is 2.10 bits per heavy atom. The van der Waals surface area contributed by atoms with Crippen LogP contribution in [-0.2, 0) is 4.79 Å². The van der Waals surface area contributed by atoms with E-state index in [1.54, 1.807) is 17.0 Å². The van der Waals surface area contributed by atoms with E-state index in [1.807, 2.05) is 18.9 Å². The number of ether oxygens (including phenoxy) is 1. The van der Waals surface area contributed by atoms with Gasteiger partial charge in [-0.2, -0.15) is 9.97 Å². The molecule has 12 heteroatoms. The molecule has 3 aliphatic heterocycles. The third kappa shape index (κ3) is 4.83. The normalized spacial score (nSPS) is 24.1. The average molecular weight is 565 g/mol. The number of aromatic nitrogens is 4. The van der Waals surface area contributed by atoms with Gasteiger partial charge in [-0.05, 0) is 50.4 Å². The van der Waals surface area contributed by atoms with Crippen molar-refractivity contribution in [3.63, 3.8) is 0 Å². The fourth-order valence-corrected chi connectivity index (χ4v) is 6.51. The lowest BCUT2D eigenvalue weighted by Gasteiger charge is -2.31. The molecule has 0 unspecified atom stereocenters. The van der Waals surface area contributed by atoms with Crippen molar-refractivity contribution in [2.75, 3.05) is 50.5 Å². The smallest absolute Gasteiger partial charge is 0.319 e. The second-order valence-electron chi connectivity index (χ2n) is 11.3. The highest BCUT2D eigenvalue weighted by Gasteiger charge is 2.49. The van der Waals surface area contributed by atoms with Crippen molar-refractivity contribution in [1.82, 2.24) is 29.7 Å². The zero-order chi connectivity index (χ0) is 28.9. The molecule has 0 aliphatic carbocycles. The van der Waals surface area contributed by atoms with Crippen LogP contribution in [0.1, 0.15) is 31.2 Å². The molecule has 0 saturated carbocycles. The minimum absolute atomic E-state index is 0.00760. The molecule has 41 heavy (non-hydrogen) atoms. The number of fused-ring (bicyclic) bond motifs is 2. The number of nitrogen functional groups attached to an aromatic ring is 1. The molecule has 10 nitrogen and oxygen atoms in total. The van der Waals surface area contributed by atoms with Gasteiger partial charge in [-0.25, -0.2) is 13.8 Å². The first kappa shape index (κ1) is 27.3. The topological polar surface area (TPSA) is 114 Å². The number of nitrogens with two attached hydrogens (primary N) is 1. The number of nitrogens with zero attached hydrogens (tertiary/aromatic N) is 7. The lowest BCUT2D eigenvalue weighted by Crippen LogP contribution is -2.43. The maximum absolute atomic E-state index is 16.3. The van der Waals surface area contributed by atoms with Crippen LogP contribution in [0.4, 0.5) is 20.4 Å². The lowest BCUT2D eigenvalue weighted by atomic mass is 9.95. The maximum Gasteiger partial charge on any atom is 0.319 e. The molecule has 3 aromatic rings. The summed E-state index contributed by atoms with van der Waals surface area (Å²) in [6.45, 7) is 7.88. The number of carbonyl (C=O) groups excluding carboxylic acids is 1. The number of halogens is 2. The molecule has 0 bridgehead atoms. The van der Waals surface area contributed by atoms with Crippen LogP contribution in [0.2, 0.25) is 0 Å². The number of amides is 1. The van der Waals surface area contributed by atoms with Gasteiger partial charge in [0.25, 0.3) is 0 Å². The minimum atomic E-state index is -0.901. The molecule has 0 radical (unpaired) electrons. The van der Waals surface area contributed by atoms with Crippen LogP contribution in [0.15, 0.2) is 31.0 Å². The molecule has 3 aliphatic rings. The summed E-state index contributed by atoms with van der Waals surface area (Å²) in [5.74, 6) is -0.107. The van der Waals surface area contributed by atoms with Gasteiger partial charge in [0.05, 0.1) is 16.6 Å². The van der Waals surface area contributed by atoms with Gasteiger partial charge in [0, 0.05) is 45.3 Å². The molecule has 3 saturated heterocycles. The lowest BCUT2D eigenvalue weighted by molar-refractivity contribution is -0.125. The maximum atomic E-state index is 16.3. The third-order valence-electron chi connectivity index (χ3n) is 8.75. The van der Waals surface area contributed by atoms with Gasteiger partial charge in [0.1, 0.15) is 35.6 Å². The predicted molar refractivity (Wildman–Crippen MR) is 152 cm³/mol. The van der Waals surface area contributed by atoms with Crippen molar-refractivity contribution in [3.8, 4) is 17.4 Å². The molecule has 0 spiro atoms. The zero-order valence-corrected chi connectivity index (χ0v) is 23.3. The molecular weight excluding hydrogens is 530 g/mol. The van der Waals surface area contributed by atoms with E-state index >= 15 is 4.39 Å². The molecule has 3 atom stereocenters. The van der Waals surface area contributed by atoms with Crippen molar-refractivity contribution in [3.05, 3.63) is 42.4 Å². The highest BCUT2D eigenvalue weighted by molar-refractivity contribution is 5.92. The monoisotopic (exact) mass is 564 g/mol. The predicted octanol–water partition coefficient (Wildman–Crippen LogP) is 3.29. The van der Waals surface area contributed by atoms with Crippen LogP contribution in [0.5, 0.6) is 6.01 Å². The number of carbonyl (C=O) groups is 1. The van der Waals surface area contributed by atoms with Crippen LogP contribution in [0.3, 0.4) is 0 Å². The van der Waals surface area contributed by atoms with Gasteiger partial charge in [0.2, 0.25) is 5.91 Å². The van der Waals surface area contributed by atoms with Crippen molar-refractivity contribution in [1.29, 1.82) is 0 Å². The highest BCUT2D eigenvalue weighted by atomic mass is 19.1. The largest absolute Gasteiger partial charge is 0.461 e. The Balaban J connectivity index is 1.41. The van der Waals surface area contributed by atoms with E-state index in [1.165, 1.54) is 12.3 Å². The average Bonchev–Trinajstić information content (AvgIpc) is 3.67. The number of hydrogen-bond donors (Lipinski definition) is 1. The van der Waals surface area contributed by atoms with Gasteiger partial charge in [-0.15, -0.1) is 0 Å². The Labute approximate surface area is 237 Å². The van der Waals surface area contributed by atoms with E-state index in [9.17, 15) is 9.18 Å². The second-order valence-corrected chi connectivity index (χ2v) is 11.3. The molecule has 6 heterocycles. The Bertz CT molecular complexity index is 1520. The van der Waals surface area contributed by atoms with Crippen LogP contribution >= 0.6 is 0 Å². The fourth-order valence-electron chi connectivity index (χ4n) is 6.51. The van der Waals surface area contributed by atoms with Gasteiger partial charge in [0.15, 0.2) is 5.82 Å². The summed E-state index contributed by atoms with van der Waals surface area (Å²) < 4.78 is 36.8. The Hall–Kier alpha value is -3.93. The Kier molecular flexibility index (Phi) is 6.96. The number of likely N-dealkylation sites (N-methyl/N-ethyl adjacent to an activating group) is 1. The summed E-state index contributed by atoms with van der Waals surface area (Å²) >= 11 is 0. The number of pyridine rings is 2. The van der Waals surface area contributed by atoms with Gasteiger partial charge in [-0.3, -0.25) is 14.7 Å². The number of alkyl halides is 1. The molecular formula is C29H34F2N8O2. The molecule has 1 amide bonds.